The summed E-state index contributed by atoms with van der Waals surface area (Å²) in [7, 11) is 0. The van der Waals surface area contributed by atoms with Gasteiger partial charge in [0, 0.05) is 35.6 Å². The highest BCUT2D eigenvalue weighted by molar-refractivity contribution is 5.95. The van der Waals surface area contributed by atoms with Crippen molar-refractivity contribution in [2.24, 2.45) is 0 Å². The number of H-pyrrole nitrogens is 1. The van der Waals surface area contributed by atoms with Crippen LogP contribution >= 0.6 is 0 Å². The van der Waals surface area contributed by atoms with Crippen LogP contribution in [0, 0.1) is 6.92 Å². The van der Waals surface area contributed by atoms with Crippen LogP contribution in [0.3, 0.4) is 0 Å². The summed E-state index contributed by atoms with van der Waals surface area (Å²) in [5, 5.41) is 14.5. The first-order valence-corrected chi connectivity index (χ1v) is 10.0. The van der Waals surface area contributed by atoms with E-state index in [0.717, 1.165) is 29.1 Å². The molecule has 9 heteroatoms. The molecule has 31 heavy (non-hydrogen) atoms. The molecule has 1 amide bonds. The summed E-state index contributed by atoms with van der Waals surface area (Å²) < 4.78 is 5.54. The van der Waals surface area contributed by atoms with Gasteiger partial charge in [0.1, 0.15) is 17.3 Å². The molecule has 0 aliphatic rings. The summed E-state index contributed by atoms with van der Waals surface area (Å²) in [4.78, 5) is 24.1. The van der Waals surface area contributed by atoms with Crippen molar-refractivity contribution < 1.29 is 9.21 Å². The zero-order valence-electron chi connectivity index (χ0n) is 17.3. The van der Waals surface area contributed by atoms with Gasteiger partial charge in [-0.05, 0) is 37.3 Å². The molecule has 0 unspecified atom stereocenters. The average Bonchev–Trinajstić information content (AvgIpc) is 3.43. The first-order valence-electron chi connectivity index (χ1n) is 10.0. The molecular weight excluding hydrogens is 394 g/mol. The van der Waals surface area contributed by atoms with Gasteiger partial charge in [0.25, 0.3) is 5.91 Å². The van der Waals surface area contributed by atoms with Gasteiger partial charge in [-0.3, -0.25) is 9.78 Å². The van der Waals surface area contributed by atoms with Crippen LogP contribution < -0.4 is 10.6 Å². The van der Waals surface area contributed by atoms with E-state index in [1.807, 2.05) is 38.1 Å². The maximum atomic E-state index is 12.6. The number of oxazole rings is 1. The molecule has 4 aromatic rings. The number of benzene rings is 1. The highest BCUT2D eigenvalue weighted by Crippen LogP contribution is 2.15. The van der Waals surface area contributed by atoms with Gasteiger partial charge in [-0.25, -0.2) is 4.98 Å². The number of pyridine rings is 1. The molecule has 3 heterocycles. The first-order chi connectivity index (χ1) is 15.1. The maximum Gasteiger partial charge on any atom is 0.251 e. The van der Waals surface area contributed by atoms with Crippen molar-refractivity contribution in [2.45, 2.75) is 33.4 Å². The van der Waals surface area contributed by atoms with Gasteiger partial charge < -0.3 is 20.0 Å². The fourth-order valence-corrected chi connectivity index (χ4v) is 3.04. The van der Waals surface area contributed by atoms with E-state index < -0.39 is 0 Å². The molecule has 0 atom stereocenters. The minimum Gasteiger partial charge on any atom is -0.446 e. The number of hydrogen-bond donors (Lipinski definition) is 3. The van der Waals surface area contributed by atoms with Crippen LogP contribution in [-0.2, 0) is 19.5 Å². The number of carbonyl (C=O) groups excluding carboxylic acids is 1. The van der Waals surface area contributed by atoms with Crippen molar-refractivity contribution in [3.8, 4) is 11.4 Å². The Bertz CT molecular complexity index is 1170. The Balaban J connectivity index is 1.35. The van der Waals surface area contributed by atoms with Gasteiger partial charge in [0.15, 0.2) is 11.7 Å². The van der Waals surface area contributed by atoms with Gasteiger partial charge >= 0.3 is 0 Å². The molecule has 158 valence electrons. The SMILES string of the molecule is CCc1nc(CNC(=O)c2cccc(NCc3nnc(-c4ccncc4)[nH]3)c2)c(C)o1. The highest BCUT2D eigenvalue weighted by Gasteiger charge is 2.12. The zero-order valence-corrected chi connectivity index (χ0v) is 17.3. The van der Waals surface area contributed by atoms with Gasteiger partial charge in [-0.1, -0.05) is 13.0 Å². The van der Waals surface area contributed by atoms with Crippen molar-refractivity contribution in [1.29, 1.82) is 0 Å². The highest BCUT2D eigenvalue weighted by atomic mass is 16.4. The average molecular weight is 417 g/mol. The third-order valence-electron chi connectivity index (χ3n) is 4.73. The van der Waals surface area contributed by atoms with Crippen LogP contribution in [0.25, 0.3) is 11.4 Å². The predicted octanol–water partition coefficient (Wildman–Crippen LogP) is 3.27. The van der Waals surface area contributed by atoms with Crippen molar-refractivity contribution >= 4 is 11.6 Å². The lowest BCUT2D eigenvalue weighted by Crippen LogP contribution is -2.23. The van der Waals surface area contributed by atoms with Crippen molar-refractivity contribution in [2.75, 3.05) is 5.32 Å². The maximum absolute atomic E-state index is 12.6. The topological polar surface area (TPSA) is 122 Å². The number of nitrogens with one attached hydrogen (secondary N) is 3. The first kappa shape index (κ1) is 20.3. The number of rotatable bonds is 8. The number of aryl methyl sites for hydroxylation is 2. The van der Waals surface area contributed by atoms with Gasteiger partial charge in [0.05, 0.1) is 13.1 Å². The molecular formula is C22H23N7O2. The lowest BCUT2D eigenvalue weighted by molar-refractivity contribution is 0.0950. The third kappa shape index (κ3) is 4.95. The van der Waals surface area contributed by atoms with E-state index in [1.165, 1.54) is 0 Å². The number of nitrogens with zero attached hydrogens (tertiary/aromatic N) is 4. The summed E-state index contributed by atoms with van der Waals surface area (Å²) in [5.41, 5.74) is 3.02. The summed E-state index contributed by atoms with van der Waals surface area (Å²) in [6.45, 7) is 4.59. The summed E-state index contributed by atoms with van der Waals surface area (Å²) in [5.74, 6) is 2.60. The number of aromatic amines is 1. The molecule has 0 saturated carbocycles. The van der Waals surface area contributed by atoms with Crippen LogP contribution in [0.15, 0.2) is 53.2 Å². The quantitative estimate of drug-likeness (QED) is 0.402. The Morgan fingerprint density at radius 2 is 1.97 bits per heavy atom. The summed E-state index contributed by atoms with van der Waals surface area (Å²) in [6, 6.07) is 11.0. The van der Waals surface area contributed by atoms with Gasteiger partial charge in [-0.2, -0.15) is 0 Å². The Morgan fingerprint density at radius 3 is 2.74 bits per heavy atom. The predicted molar refractivity (Wildman–Crippen MR) is 115 cm³/mol. The van der Waals surface area contributed by atoms with Crippen molar-refractivity contribution in [3.63, 3.8) is 0 Å². The molecule has 0 spiro atoms. The molecule has 3 N–H and O–H groups in total. The fourth-order valence-electron chi connectivity index (χ4n) is 3.04. The Labute approximate surface area is 179 Å². The van der Waals surface area contributed by atoms with Crippen LogP contribution in [0.5, 0.6) is 0 Å². The van der Waals surface area contributed by atoms with E-state index >= 15 is 0 Å². The molecule has 0 fully saturated rings. The van der Waals surface area contributed by atoms with Crippen molar-refractivity contribution in [1.82, 2.24) is 30.5 Å². The number of carbonyl (C=O) groups is 1. The largest absolute Gasteiger partial charge is 0.446 e. The van der Waals surface area contributed by atoms with Gasteiger partial charge in [-0.15, -0.1) is 10.2 Å². The number of hydrogen-bond acceptors (Lipinski definition) is 7. The minimum atomic E-state index is -0.177. The van der Waals surface area contributed by atoms with Crippen molar-refractivity contribution in [3.05, 3.63) is 77.5 Å². The van der Waals surface area contributed by atoms with E-state index in [1.54, 1.807) is 24.5 Å². The fraction of sp³-hybridized carbons (Fsp3) is 0.227. The molecule has 9 nitrogen and oxygen atoms in total. The number of anilines is 1. The lowest BCUT2D eigenvalue weighted by atomic mass is 10.2. The summed E-state index contributed by atoms with van der Waals surface area (Å²) in [6.07, 6.45) is 4.13. The molecule has 0 saturated heterocycles. The van der Waals surface area contributed by atoms with Crippen LogP contribution in [-0.4, -0.2) is 31.1 Å². The smallest absolute Gasteiger partial charge is 0.251 e. The molecule has 0 radical (unpaired) electrons. The second kappa shape index (κ2) is 9.21. The Hall–Kier alpha value is -4.01. The molecule has 0 aliphatic carbocycles. The van der Waals surface area contributed by atoms with Crippen LogP contribution in [0.2, 0.25) is 0 Å². The monoisotopic (exact) mass is 417 g/mol. The Morgan fingerprint density at radius 1 is 1.13 bits per heavy atom. The molecule has 4 rings (SSSR count). The number of amides is 1. The molecule has 1 aromatic carbocycles. The zero-order chi connectivity index (χ0) is 21.6. The molecule has 3 aromatic heterocycles. The van der Waals surface area contributed by atoms with Crippen LogP contribution in [0.1, 0.15) is 40.5 Å². The lowest BCUT2D eigenvalue weighted by Gasteiger charge is -2.08. The van der Waals surface area contributed by atoms with Gasteiger partial charge in [0.2, 0.25) is 0 Å². The van der Waals surface area contributed by atoms with E-state index in [2.05, 4.69) is 35.8 Å². The summed E-state index contributed by atoms with van der Waals surface area (Å²) >= 11 is 0. The van der Waals surface area contributed by atoms with Crippen LogP contribution in [0.4, 0.5) is 5.69 Å². The van der Waals surface area contributed by atoms with E-state index in [4.69, 9.17) is 4.42 Å². The Kier molecular flexibility index (Phi) is 6.02. The minimum absolute atomic E-state index is 0.177. The second-order valence-electron chi connectivity index (χ2n) is 6.94. The second-order valence-corrected chi connectivity index (χ2v) is 6.94. The molecule has 0 bridgehead atoms. The molecule has 0 aliphatic heterocycles. The standard InChI is InChI=1S/C22H23N7O2/c1-3-20-26-18(14(2)31-20)12-25-22(30)16-5-4-6-17(11-16)24-13-19-27-21(29-28-19)15-7-9-23-10-8-15/h4-11,24H,3,12-13H2,1-2H3,(H,25,30)(H,27,28,29). The normalized spacial score (nSPS) is 10.8. The van der Waals surface area contributed by atoms with E-state index in [9.17, 15) is 4.79 Å². The third-order valence-corrected chi connectivity index (χ3v) is 4.73. The van der Waals surface area contributed by atoms with E-state index in [0.29, 0.717) is 36.2 Å². The van der Waals surface area contributed by atoms with E-state index in [-0.39, 0.29) is 5.91 Å². The number of aromatic nitrogens is 5.